The Labute approximate surface area is 200 Å². The second kappa shape index (κ2) is 8.36. The molecule has 2 heterocycles. The number of carbonyl (C=O) groups excluding carboxylic acids is 1. The summed E-state index contributed by atoms with van der Waals surface area (Å²) >= 11 is 7.91. The lowest BCUT2D eigenvalue weighted by Gasteiger charge is -2.29. The molecule has 1 aliphatic heterocycles. The van der Waals surface area contributed by atoms with Crippen LogP contribution in [-0.4, -0.2) is 22.1 Å². The highest BCUT2D eigenvalue weighted by Crippen LogP contribution is 2.45. The standard InChI is InChI=1S/C26H20ClN3O2S/c27-20-11-5-3-9-18(20)25-28-24(29-32-25)16-13-14-21-23(15-16)33-22-12-6-4-10-19(22)26(31)30(21)17-7-1-2-8-17/h3-6,9-15,17H,1-2,7-8H2. The summed E-state index contributed by atoms with van der Waals surface area (Å²) in [5.74, 6) is 0.952. The van der Waals surface area contributed by atoms with Crippen LogP contribution in [0.15, 0.2) is 81.0 Å². The van der Waals surface area contributed by atoms with Crippen LogP contribution in [0.5, 0.6) is 0 Å². The molecule has 2 aliphatic rings. The normalized spacial score (nSPS) is 15.9. The van der Waals surface area contributed by atoms with E-state index in [1.54, 1.807) is 17.8 Å². The maximum atomic E-state index is 13.6. The van der Waals surface area contributed by atoms with E-state index in [1.165, 1.54) is 0 Å². The Morgan fingerprint density at radius 1 is 0.939 bits per heavy atom. The third-order valence-corrected chi connectivity index (χ3v) is 7.71. The zero-order chi connectivity index (χ0) is 22.4. The first-order valence-electron chi connectivity index (χ1n) is 11.0. The van der Waals surface area contributed by atoms with Gasteiger partial charge in [0.05, 0.1) is 21.8 Å². The lowest BCUT2D eigenvalue weighted by Crippen LogP contribution is -2.39. The number of fused-ring (bicyclic) bond motifs is 2. The van der Waals surface area contributed by atoms with Crippen molar-refractivity contribution >= 4 is 35.0 Å². The molecule has 1 saturated carbocycles. The first kappa shape index (κ1) is 20.5. The molecule has 33 heavy (non-hydrogen) atoms. The van der Waals surface area contributed by atoms with Gasteiger partial charge in [-0.15, -0.1) is 0 Å². The van der Waals surface area contributed by atoms with Crippen LogP contribution in [0.4, 0.5) is 5.69 Å². The summed E-state index contributed by atoms with van der Waals surface area (Å²) in [5.41, 5.74) is 3.25. The highest BCUT2D eigenvalue weighted by molar-refractivity contribution is 7.99. The van der Waals surface area contributed by atoms with Crippen LogP contribution in [0.3, 0.4) is 0 Å². The van der Waals surface area contributed by atoms with E-state index < -0.39 is 0 Å². The molecule has 1 amide bonds. The van der Waals surface area contributed by atoms with E-state index in [0.29, 0.717) is 22.3 Å². The van der Waals surface area contributed by atoms with Crippen LogP contribution in [0.2, 0.25) is 5.02 Å². The lowest BCUT2D eigenvalue weighted by atomic mass is 10.1. The molecule has 0 N–H and O–H groups in total. The number of carbonyl (C=O) groups is 1. The zero-order valence-electron chi connectivity index (χ0n) is 17.7. The first-order chi connectivity index (χ1) is 16.2. The molecule has 7 heteroatoms. The quantitative estimate of drug-likeness (QED) is 0.317. The molecule has 0 spiro atoms. The molecule has 0 unspecified atom stereocenters. The Balaban J connectivity index is 1.44. The van der Waals surface area contributed by atoms with Gasteiger partial charge in [-0.2, -0.15) is 4.98 Å². The van der Waals surface area contributed by atoms with Gasteiger partial charge in [0.2, 0.25) is 5.82 Å². The Kier molecular flexibility index (Phi) is 5.19. The Morgan fingerprint density at radius 3 is 2.52 bits per heavy atom. The molecule has 4 aromatic rings. The monoisotopic (exact) mass is 473 g/mol. The number of rotatable bonds is 3. The summed E-state index contributed by atoms with van der Waals surface area (Å²) in [6.07, 6.45) is 4.38. The molecule has 3 aromatic carbocycles. The molecule has 0 atom stereocenters. The second-order valence-electron chi connectivity index (χ2n) is 8.30. The van der Waals surface area contributed by atoms with Crippen molar-refractivity contribution in [3.8, 4) is 22.8 Å². The molecule has 164 valence electrons. The smallest absolute Gasteiger partial charge is 0.259 e. The van der Waals surface area contributed by atoms with Gasteiger partial charge in [-0.1, -0.05) is 65.6 Å². The van der Waals surface area contributed by atoms with Gasteiger partial charge in [0.1, 0.15) is 0 Å². The first-order valence-corrected chi connectivity index (χ1v) is 12.2. The van der Waals surface area contributed by atoms with E-state index in [1.807, 2.05) is 59.5 Å². The largest absolute Gasteiger partial charge is 0.334 e. The zero-order valence-corrected chi connectivity index (χ0v) is 19.3. The Bertz CT molecular complexity index is 1360. The minimum atomic E-state index is 0.0806. The highest BCUT2D eigenvalue weighted by atomic mass is 35.5. The van der Waals surface area contributed by atoms with Gasteiger partial charge >= 0.3 is 0 Å². The van der Waals surface area contributed by atoms with Gasteiger partial charge in [0.25, 0.3) is 11.8 Å². The van der Waals surface area contributed by atoms with Gasteiger partial charge in [-0.05, 0) is 55.3 Å². The molecule has 0 saturated heterocycles. The lowest BCUT2D eigenvalue weighted by molar-refractivity contribution is 0.0974. The third-order valence-electron chi connectivity index (χ3n) is 6.25. The highest BCUT2D eigenvalue weighted by Gasteiger charge is 2.34. The number of nitrogens with zero attached hydrogens (tertiary/aromatic N) is 3. The van der Waals surface area contributed by atoms with Crippen LogP contribution in [0.25, 0.3) is 22.8 Å². The van der Waals surface area contributed by atoms with E-state index in [2.05, 4.69) is 16.2 Å². The maximum Gasteiger partial charge on any atom is 0.259 e. The predicted molar refractivity (Wildman–Crippen MR) is 130 cm³/mol. The average Bonchev–Trinajstić information content (AvgIpc) is 3.52. The van der Waals surface area contributed by atoms with Crippen molar-refractivity contribution in [2.45, 2.75) is 41.5 Å². The fraction of sp³-hybridized carbons (Fsp3) is 0.192. The second-order valence-corrected chi connectivity index (χ2v) is 9.79. The van der Waals surface area contributed by atoms with Crippen LogP contribution < -0.4 is 4.90 Å². The van der Waals surface area contributed by atoms with E-state index >= 15 is 0 Å². The average molecular weight is 474 g/mol. The predicted octanol–water partition coefficient (Wildman–Crippen LogP) is 7.11. The number of halogens is 1. The van der Waals surface area contributed by atoms with E-state index in [0.717, 1.165) is 52.3 Å². The summed E-state index contributed by atoms with van der Waals surface area (Å²) in [6, 6.07) is 21.5. The molecule has 0 bridgehead atoms. The van der Waals surface area contributed by atoms with E-state index in [4.69, 9.17) is 16.1 Å². The van der Waals surface area contributed by atoms with Crippen LogP contribution >= 0.6 is 23.4 Å². The molecule has 5 nitrogen and oxygen atoms in total. The van der Waals surface area contributed by atoms with Crippen molar-refractivity contribution < 1.29 is 9.32 Å². The molecule has 1 aromatic heterocycles. The van der Waals surface area contributed by atoms with Crippen molar-refractivity contribution in [3.05, 3.63) is 77.3 Å². The topological polar surface area (TPSA) is 59.2 Å². The number of amides is 1. The van der Waals surface area contributed by atoms with Crippen LogP contribution in [0.1, 0.15) is 36.0 Å². The van der Waals surface area contributed by atoms with Crippen LogP contribution in [0, 0.1) is 0 Å². The summed E-state index contributed by atoms with van der Waals surface area (Å²) < 4.78 is 5.51. The van der Waals surface area contributed by atoms with Gasteiger partial charge in [0, 0.05) is 21.4 Å². The van der Waals surface area contributed by atoms with Crippen molar-refractivity contribution in [1.29, 1.82) is 0 Å². The van der Waals surface area contributed by atoms with Crippen molar-refractivity contribution in [1.82, 2.24) is 10.1 Å². The Morgan fingerprint density at radius 2 is 1.70 bits per heavy atom. The summed E-state index contributed by atoms with van der Waals surface area (Å²) in [4.78, 5) is 22.2. The summed E-state index contributed by atoms with van der Waals surface area (Å²) in [6.45, 7) is 0. The summed E-state index contributed by atoms with van der Waals surface area (Å²) in [7, 11) is 0. The van der Waals surface area contributed by atoms with Crippen molar-refractivity contribution in [2.75, 3.05) is 4.90 Å². The fourth-order valence-electron chi connectivity index (χ4n) is 4.63. The number of benzene rings is 3. The molecular formula is C26H20ClN3O2S. The number of hydrogen-bond donors (Lipinski definition) is 0. The molecule has 1 aliphatic carbocycles. The van der Waals surface area contributed by atoms with Crippen LogP contribution in [-0.2, 0) is 0 Å². The van der Waals surface area contributed by atoms with Gasteiger partial charge in [-0.3, -0.25) is 4.79 Å². The number of aromatic nitrogens is 2. The molecule has 1 fully saturated rings. The minimum Gasteiger partial charge on any atom is -0.334 e. The maximum absolute atomic E-state index is 13.6. The fourth-order valence-corrected chi connectivity index (χ4v) is 5.96. The Hall–Kier alpha value is -3.09. The van der Waals surface area contributed by atoms with Crippen molar-refractivity contribution in [3.63, 3.8) is 0 Å². The summed E-state index contributed by atoms with van der Waals surface area (Å²) in [5, 5.41) is 4.76. The molecule has 0 radical (unpaired) electrons. The van der Waals surface area contributed by atoms with Gasteiger partial charge in [-0.25, -0.2) is 0 Å². The van der Waals surface area contributed by atoms with Gasteiger partial charge in [0.15, 0.2) is 0 Å². The van der Waals surface area contributed by atoms with E-state index in [9.17, 15) is 4.79 Å². The molecule has 6 rings (SSSR count). The molecular weight excluding hydrogens is 454 g/mol. The third kappa shape index (κ3) is 3.63. The van der Waals surface area contributed by atoms with Gasteiger partial charge < -0.3 is 9.42 Å². The SMILES string of the molecule is O=C1c2ccccc2Sc2cc(-c3noc(-c4ccccc4Cl)n3)ccc2N1C1CCCC1. The number of anilines is 1. The van der Waals surface area contributed by atoms with E-state index in [-0.39, 0.29) is 11.9 Å². The minimum absolute atomic E-state index is 0.0806. The number of hydrogen-bond acceptors (Lipinski definition) is 5. The van der Waals surface area contributed by atoms with Crippen molar-refractivity contribution in [2.24, 2.45) is 0 Å².